The molecule has 1 saturated heterocycles. The fourth-order valence-corrected chi connectivity index (χ4v) is 3.02. The zero-order valence-corrected chi connectivity index (χ0v) is 17.1. The Hall–Kier alpha value is -0.490. The van der Waals surface area contributed by atoms with E-state index >= 15 is 0 Å². The molecular formula is C20H40N2O3. The number of carbonyl (C=O) groups is 1. The number of Topliss-reactive ketones (excluding diaryl/α,β-unsaturated/α-hetero) is 1. The Morgan fingerprint density at radius 3 is 2.24 bits per heavy atom. The monoisotopic (exact) mass is 356 g/mol. The second kappa shape index (κ2) is 12.0. The molecule has 5 nitrogen and oxygen atoms in total. The fraction of sp³-hybridized carbons (Fsp3) is 0.950. The van der Waals surface area contributed by atoms with Crippen molar-refractivity contribution >= 4 is 5.78 Å². The van der Waals surface area contributed by atoms with Crippen molar-refractivity contribution in [2.24, 2.45) is 5.41 Å². The van der Waals surface area contributed by atoms with Crippen LogP contribution >= 0.6 is 0 Å². The lowest BCUT2D eigenvalue weighted by atomic mass is 9.88. The Bertz CT molecular complexity index is 358. The molecule has 0 amide bonds. The van der Waals surface area contributed by atoms with Crippen LogP contribution in [-0.4, -0.2) is 68.8 Å². The number of rotatable bonds is 12. The lowest BCUT2D eigenvalue weighted by Gasteiger charge is -2.33. The molecule has 1 aliphatic rings. The van der Waals surface area contributed by atoms with E-state index in [4.69, 9.17) is 9.47 Å². The average molecular weight is 357 g/mol. The largest absolute Gasteiger partial charge is 0.379 e. The Balaban J connectivity index is 1.89. The summed E-state index contributed by atoms with van der Waals surface area (Å²) in [5, 5.41) is 3.62. The standard InChI is InChI=1S/C20H40N2O3/c1-17(2)21-18-8-10-22(11-9-18)12-14-25-16-15-24-13-6-7-19(23)20(3,4)5/h17-18,21H,6-16H2,1-5H3. The summed E-state index contributed by atoms with van der Waals surface area (Å²) in [4.78, 5) is 14.3. The van der Waals surface area contributed by atoms with Crippen LogP contribution in [0.3, 0.4) is 0 Å². The quantitative estimate of drug-likeness (QED) is 0.545. The Morgan fingerprint density at radius 1 is 1.08 bits per heavy atom. The lowest BCUT2D eigenvalue weighted by Crippen LogP contribution is -2.45. The SMILES string of the molecule is CC(C)NC1CCN(CCOCCOCCCC(=O)C(C)(C)C)CC1. The molecule has 0 aromatic carbocycles. The minimum absolute atomic E-state index is 0.234. The molecule has 25 heavy (non-hydrogen) atoms. The van der Waals surface area contributed by atoms with Gasteiger partial charge in [-0.3, -0.25) is 4.79 Å². The van der Waals surface area contributed by atoms with Gasteiger partial charge < -0.3 is 19.7 Å². The second-order valence-electron chi connectivity index (χ2n) is 8.44. The predicted octanol–water partition coefficient (Wildman–Crippen LogP) is 2.88. The number of nitrogens with zero attached hydrogens (tertiary/aromatic N) is 1. The normalized spacial score (nSPS) is 17.4. The van der Waals surface area contributed by atoms with E-state index in [2.05, 4.69) is 24.1 Å². The van der Waals surface area contributed by atoms with Crippen LogP contribution in [-0.2, 0) is 14.3 Å². The molecule has 0 saturated carbocycles. The van der Waals surface area contributed by atoms with Gasteiger partial charge in [-0.2, -0.15) is 0 Å². The molecule has 1 N–H and O–H groups in total. The molecule has 1 rings (SSSR count). The summed E-state index contributed by atoms with van der Waals surface area (Å²) in [6.45, 7) is 16.3. The molecule has 0 aromatic heterocycles. The highest BCUT2D eigenvalue weighted by atomic mass is 16.5. The summed E-state index contributed by atoms with van der Waals surface area (Å²) in [5.41, 5.74) is -0.234. The molecule has 0 bridgehead atoms. The van der Waals surface area contributed by atoms with Gasteiger partial charge in [0.05, 0.1) is 19.8 Å². The highest BCUT2D eigenvalue weighted by molar-refractivity contribution is 5.83. The molecule has 148 valence electrons. The van der Waals surface area contributed by atoms with Crippen LogP contribution in [0.1, 0.15) is 60.3 Å². The van der Waals surface area contributed by atoms with E-state index in [1.54, 1.807) is 0 Å². The number of likely N-dealkylation sites (tertiary alicyclic amines) is 1. The highest BCUT2D eigenvalue weighted by Gasteiger charge is 2.20. The topological polar surface area (TPSA) is 50.8 Å². The average Bonchev–Trinajstić information content (AvgIpc) is 2.53. The summed E-state index contributed by atoms with van der Waals surface area (Å²) < 4.78 is 11.2. The number of ketones is 1. The first kappa shape index (κ1) is 22.6. The molecule has 0 unspecified atom stereocenters. The summed E-state index contributed by atoms with van der Waals surface area (Å²) in [5.74, 6) is 0.305. The molecule has 1 aliphatic heterocycles. The number of nitrogens with one attached hydrogen (secondary N) is 1. The summed E-state index contributed by atoms with van der Waals surface area (Å²) in [6, 6.07) is 1.25. The summed E-state index contributed by atoms with van der Waals surface area (Å²) in [7, 11) is 0. The maximum Gasteiger partial charge on any atom is 0.138 e. The second-order valence-corrected chi connectivity index (χ2v) is 8.44. The van der Waals surface area contributed by atoms with Gasteiger partial charge in [0.2, 0.25) is 0 Å². The third-order valence-corrected chi connectivity index (χ3v) is 4.61. The first-order chi connectivity index (χ1) is 11.8. The first-order valence-corrected chi connectivity index (χ1v) is 9.96. The van der Waals surface area contributed by atoms with Crippen LogP contribution in [0.15, 0.2) is 0 Å². The molecule has 0 aromatic rings. The molecule has 1 heterocycles. The van der Waals surface area contributed by atoms with Crippen LogP contribution < -0.4 is 5.32 Å². The van der Waals surface area contributed by atoms with Crippen molar-refractivity contribution in [3.63, 3.8) is 0 Å². The number of carbonyl (C=O) groups excluding carboxylic acids is 1. The van der Waals surface area contributed by atoms with Gasteiger partial charge in [0.15, 0.2) is 0 Å². The third-order valence-electron chi connectivity index (χ3n) is 4.61. The lowest BCUT2D eigenvalue weighted by molar-refractivity contribution is -0.126. The van der Waals surface area contributed by atoms with Crippen LogP contribution in [0.4, 0.5) is 0 Å². The van der Waals surface area contributed by atoms with Crippen LogP contribution in [0, 0.1) is 5.41 Å². The van der Waals surface area contributed by atoms with E-state index in [1.165, 1.54) is 12.8 Å². The Labute approximate surface area is 154 Å². The predicted molar refractivity (Wildman–Crippen MR) is 103 cm³/mol. The van der Waals surface area contributed by atoms with Gasteiger partial charge in [0, 0.05) is 37.1 Å². The Kier molecular flexibility index (Phi) is 10.8. The summed E-state index contributed by atoms with van der Waals surface area (Å²) in [6.07, 6.45) is 3.87. The number of ether oxygens (including phenoxy) is 2. The zero-order valence-electron chi connectivity index (χ0n) is 17.1. The van der Waals surface area contributed by atoms with Crippen molar-refractivity contribution in [3.05, 3.63) is 0 Å². The van der Waals surface area contributed by atoms with Crippen molar-refractivity contribution in [1.29, 1.82) is 0 Å². The van der Waals surface area contributed by atoms with Crippen LogP contribution in [0.25, 0.3) is 0 Å². The molecule has 0 radical (unpaired) electrons. The van der Waals surface area contributed by atoms with Crippen molar-refractivity contribution in [3.8, 4) is 0 Å². The van der Waals surface area contributed by atoms with E-state index in [-0.39, 0.29) is 5.41 Å². The molecule has 1 fully saturated rings. The number of hydrogen-bond donors (Lipinski definition) is 1. The minimum Gasteiger partial charge on any atom is -0.379 e. The van der Waals surface area contributed by atoms with E-state index < -0.39 is 0 Å². The van der Waals surface area contributed by atoms with E-state index in [9.17, 15) is 4.79 Å². The fourth-order valence-electron chi connectivity index (χ4n) is 3.02. The Morgan fingerprint density at radius 2 is 1.68 bits per heavy atom. The molecule has 0 atom stereocenters. The maximum absolute atomic E-state index is 11.8. The summed E-state index contributed by atoms with van der Waals surface area (Å²) >= 11 is 0. The van der Waals surface area contributed by atoms with Crippen molar-refractivity contribution in [2.75, 3.05) is 46.1 Å². The van der Waals surface area contributed by atoms with E-state index in [1.807, 2.05) is 20.8 Å². The van der Waals surface area contributed by atoms with Gasteiger partial charge in [-0.15, -0.1) is 0 Å². The van der Waals surface area contributed by atoms with E-state index in [0.29, 0.717) is 44.1 Å². The number of hydrogen-bond acceptors (Lipinski definition) is 5. The maximum atomic E-state index is 11.8. The van der Waals surface area contributed by atoms with E-state index in [0.717, 1.165) is 32.7 Å². The molecule has 0 aliphatic carbocycles. The first-order valence-electron chi connectivity index (χ1n) is 9.96. The van der Waals surface area contributed by atoms with Crippen LogP contribution in [0.5, 0.6) is 0 Å². The van der Waals surface area contributed by atoms with Gasteiger partial charge in [0.25, 0.3) is 0 Å². The molecule has 0 spiro atoms. The van der Waals surface area contributed by atoms with Crippen LogP contribution in [0.2, 0.25) is 0 Å². The van der Waals surface area contributed by atoms with Gasteiger partial charge in [-0.1, -0.05) is 34.6 Å². The molecular weight excluding hydrogens is 316 g/mol. The van der Waals surface area contributed by atoms with Crippen molar-refractivity contribution in [1.82, 2.24) is 10.2 Å². The van der Waals surface area contributed by atoms with Gasteiger partial charge in [0.1, 0.15) is 5.78 Å². The van der Waals surface area contributed by atoms with Gasteiger partial charge in [-0.25, -0.2) is 0 Å². The third kappa shape index (κ3) is 11.0. The van der Waals surface area contributed by atoms with Gasteiger partial charge >= 0.3 is 0 Å². The smallest absolute Gasteiger partial charge is 0.138 e. The van der Waals surface area contributed by atoms with Gasteiger partial charge in [-0.05, 0) is 32.4 Å². The zero-order chi connectivity index (χ0) is 18.7. The van der Waals surface area contributed by atoms with Crippen molar-refractivity contribution < 1.29 is 14.3 Å². The number of piperidine rings is 1. The minimum atomic E-state index is -0.234. The highest BCUT2D eigenvalue weighted by Crippen LogP contribution is 2.17. The molecule has 5 heteroatoms. The van der Waals surface area contributed by atoms with Crippen molar-refractivity contribution in [2.45, 2.75) is 72.4 Å².